The van der Waals surface area contributed by atoms with E-state index in [1.165, 1.54) is 289 Å². The molecule has 0 fully saturated rings. The maximum absolute atomic E-state index is 12.9. The van der Waals surface area contributed by atoms with Crippen molar-refractivity contribution in [2.75, 3.05) is 47.5 Å². The molecule has 0 aliphatic heterocycles. The molecule has 452 valence electrons. The van der Waals surface area contributed by atoms with Crippen molar-refractivity contribution in [1.29, 1.82) is 0 Å². The van der Waals surface area contributed by atoms with Crippen LogP contribution in [-0.4, -0.2) is 82.3 Å². The van der Waals surface area contributed by atoms with Gasteiger partial charge in [-0.05, 0) is 12.8 Å². The monoisotopic (exact) mass is 1080 g/mol. The molecule has 0 heterocycles. The number of nitrogens with zero attached hydrogens (tertiary/aromatic N) is 1. The first-order chi connectivity index (χ1) is 37.1. The van der Waals surface area contributed by atoms with Gasteiger partial charge in [0, 0.05) is 12.8 Å². The summed E-state index contributed by atoms with van der Waals surface area (Å²) in [6.07, 6.45) is 66.5. The summed E-state index contributed by atoms with van der Waals surface area (Å²) >= 11 is 0. The van der Waals surface area contributed by atoms with E-state index in [-0.39, 0.29) is 32.2 Å². The molecular weight excluding hydrogens is 947 g/mol. The highest BCUT2D eigenvalue weighted by molar-refractivity contribution is 5.70. The molecule has 0 aliphatic rings. The molecule has 0 rings (SSSR count). The van der Waals surface area contributed by atoms with Crippen LogP contribution in [0, 0.1) is 0 Å². The molecular formula is C67H131NO8. The fourth-order valence-corrected chi connectivity index (χ4v) is 10.4. The fourth-order valence-electron chi connectivity index (χ4n) is 10.4. The smallest absolute Gasteiger partial charge is 0.306 e. The van der Waals surface area contributed by atoms with Crippen LogP contribution in [0.25, 0.3) is 0 Å². The molecule has 0 aromatic heterocycles. The van der Waals surface area contributed by atoms with Crippen molar-refractivity contribution in [3.8, 4) is 0 Å². The molecule has 2 atom stereocenters. The van der Waals surface area contributed by atoms with Crippen LogP contribution >= 0.6 is 0 Å². The van der Waals surface area contributed by atoms with Gasteiger partial charge in [-0.15, -0.1) is 0 Å². The van der Waals surface area contributed by atoms with E-state index in [0.29, 0.717) is 17.4 Å². The van der Waals surface area contributed by atoms with Crippen molar-refractivity contribution < 1.29 is 42.9 Å². The van der Waals surface area contributed by atoms with Gasteiger partial charge in [-0.1, -0.05) is 328 Å². The molecule has 0 amide bonds. The third kappa shape index (κ3) is 59.9. The summed E-state index contributed by atoms with van der Waals surface area (Å²) in [5.41, 5.74) is 0. The molecule has 0 radical (unpaired) electrons. The third-order valence-electron chi connectivity index (χ3n) is 15.6. The van der Waals surface area contributed by atoms with E-state index in [9.17, 15) is 19.5 Å². The van der Waals surface area contributed by atoms with Crippen LogP contribution in [0.2, 0.25) is 0 Å². The Kier molecular flexibility index (Phi) is 58.1. The van der Waals surface area contributed by atoms with Crippen LogP contribution in [0.15, 0.2) is 0 Å². The minimum absolute atomic E-state index is 0.153. The van der Waals surface area contributed by atoms with Crippen molar-refractivity contribution in [2.24, 2.45) is 0 Å². The molecule has 76 heavy (non-hydrogen) atoms. The summed E-state index contributed by atoms with van der Waals surface area (Å²) < 4.78 is 22.7. The lowest BCUT2D eigenvalue weighted by atomic mass is 10.0. The third-order valence-corrected chi connectivity index (χ3v) is 15.6. The van der Waals surface area contributed by atoms with E-state index in [0.717, 1.165) is 38.5 Å². The Morgan fingerprint density at radius 3 is 0.842 bits per heavy atom. The molecule has 9 heteroatoms. The molecule has 0 aliphatic carbocycles. The van der Waals surface area contributed by atoms with Gasteiger partial charge in [-0.25, -0.2) is 0 Å². The van der Waals surface area contributed by atoms with Crippen molar-refractivity contribution in [3.63, 3.8) is 0 Å². The second-order valence-corrected chi connectivity index (χ2v) is 24.5. The van der Waals surface area contributed by atoms with Gasteiger partial charge in [0.25, 0.3) is 0 Å². The SMILES string of the molecule is CCCCCCCCCCCCCCCCCCCCCCCCCCCCCCCCCCCCCCCCCCC(=O)OC(COC(=O)CCCCCCCCCCCCC)COC(OCC[N+](C)(C)C)C(=O)[O-]. The highest BCUT2D eigenvalue weighted by atomic mass is 16.7. The van der Waals surface area contributed by atoms with Crippen LogP contribution in [0.1, 0.15) is 354 Å². The number of rotatable bonds is 64. The fraction of sp³-hybridized carbons (Fsp3) is 0.955. The zero-order valence-corrected chi connectivity index (χ0v) is 51.7. The highest BCUT2D eigenvalue weighted by Gasteiger charge is 2.22. The summed E-state index contributed by atoms with van der Waals surface area (Å²) in [7, 11) is 5.93. The molecule has 0 spiro atoms. The molecule has 0 aromatic carbocycles. The lowest BCUT2D eigenvalue weighted by molar-refractivity contribution is -0.870. The molecule has 2 unspecified atom stereocenters. The Labute approximate surface area is 473 Å². The quantitative estimate of drug-likeness (QED) is 0.0256. The first-order valence-corrected chi connectivity index (χ1v) is 33.7. The van der Waals surface area contributed by atoms with Crippen LogP contribution in [0.5, 0.6) is 0 Å². The normalized spacial score (nSPS) is 12.6. The van der Waals surface area contributed by atoms with E-state index in [4.69, 9.17) is 18.9 Å². The van der Waals surface area contributed by atoms with Gasteiger partial charge in [-0.3, -0.25) is 9.59 Å². The number of carboxylic acids is 1. The second kappa shape index (κ2) is 59.4. The molecule has 0 N–H and O–H groups in total. The Bertz CT molecular complexity index is 1210. The number of aliphatic carboxylic acids is 1. The van der Waals surface area contributed by atoms with Gasteiger partial charge in [0.2, 0.25) is 0 Å². The summed E-state index contributed by atoms with van der Waals surface area (Å²) in [6, 6.07) is 0. The summed E-state index contributed by atoms with van der Waals surface area (Å²) in [6.45, 7) is 4.80. The molecule has 0 bridgehead atoms. The van der Waals surface area contributed by atoms with E-state index in [2.05, 4.69) is 13.8 Å². The number of hydrogen-bond acceptors (Lipinski definition) is 8. The summed E-state index contributed by atoms with van der Waals surface area (Å²) in [5, 5.41) is 11.8. The first kappa shape index (κ1) is 74.3. The predicted octanol–water partition coefficient (Wildman–Crippen LogP) is 19.0. The zero-order valence-electron chi connectivity index (χ0n) is 51.7. The van der Waals surface area contributed by atoms with Gasteiger partial charge in [0.1, 0.15) is 13.2 Å². The molecule has 9 nitrogen and oxygen atoms in total. The maximum Gasteiger partial charge on any atom is 0.306 e. The van der Waals surface area contributed by atoms with Gasteiger partial charge >= 0.3 is 11.9 Å². The van der Waals surface area contributed by atoms with Crippen molar-refractivity contribution >= 4 is 17.9 Å². The largest absolute Gasteiger partial charge is 0.545 e. The number of hydrogen-bond donors (Lipinski definition) is 0. The lowest BCUT2D eigenvalue weighted by Crippen LogP contribution is -2.44. The van der Waals surface area contributed by atoms with Crippen molar-refractivity contribution in [3.05, 3.63) is 0 Å². The summed E-state index contributed by atoms with van der Waals surface area (Å²) in [4.78, 5) is 37.2. The Morgan fingerprint density at radius 1 is 0.342 bits per heavy atom. The zero-order chi connectivity index (χ0) is 55.5. The van der Waals surface area contributed by atoms with Crippen LogP contribution in [0.4, 0.5) is 0 Å². The van der Waals surface area contributed by atoms with Crippen LogP contribution in [0.3, 0.4) is 0 Å². The number of carbonyl (C=O) groups is 3. The summed E-state index contributed by atoms with van der Waals surface area (Å²) in [5.74, 6) is -2.26. The highest BCUT2D eigenvalue weighted by Crippen LogP contribution is 2.19. The minimum atomic E-state index is -1.61. The van der Waals surface area contributed by atoms with Gasteiger partial charge in [0.05, 0.1) is 40.3 Å². The number of carbonyl (C=O) groups excluding carboxylic acids is 3. The molecule has 0 aromatic rings. The number of carboxylic acid groups (broad SMARTS) is 1. The van der Waals surface area contributed by atoms with Gasteiger partial charge in [-0.2, -0.15) is 0 Å². The predicted molar refractivity (Wildman–Crippen MR) is 320 cm³/mol. The molecule has 0 saturated heterocycles. The van der Waals surface area contributed by atoms with Crippen LogP contribution < -0.4 is 5.11 Å². The van der Waals surface area contributed by atoms with E-state index in [1.807, 2.05) is 21.1 Å². The van der Waals surface area contributed by atoms with E-state index >= 15 is 0 Å². The Hall–Kier alpha value is -1.71. The topological polar surface area (TPSA) is 111 Å². The average Bonchev–Trinajstić information content (AvgIpc) is 3.39. The van der Waals surface area contributed by atoms with Crippen LogP contribution in [-0.2, 0) is 33.3 Å². The molecule has 0 saturated carbocycles. The van der Waals surface area contributed by atoms with Crippen molar-refractivity contribution in [1.82, 2.24) is 0 Å². The maximum atomic E-state index is 12.9. The standard InChI is InChI=1S/C67H131NO8/c1-6-8-10-12-14-16-18-19-20-21-22-23-24-25-26-27-28-29-30-31-32-33-34-35-36-37-38-39-40-41-42-43-44-45-46-48-50-52-54-56-58-65(70)76-63(62-75-67(66(71)72)73-60-59-68(3,4)5)61-74-64(69)57-55-53-51-49-47-17-15-13-11-9-7-2/h63,67H,6-62H2,1-5H3. The van der Waals surface area contributed by atoms with E-state index < -0.39 is 24.3 Å². The van der Waals surface area contributed by atoms with Crippen molar-refractivity contribution in [2.45, 2.75) is 367 Å². The average molecular weight is 1080 g/mol. The number of likely N-dealkylation sites (N-methyl/N-ethyl adjacent to an activating group) is 1. The van der Waals surface area contributed by atoms with Gasteiger partial charge in [0.15, 0.2) is 12.4 Å². The number of esters is 2. The van der Waals surface area contributed by atoms with E-state index in [1.54, 1.807) is 0 Å². The van der Waals surface area contributed by atoms with Gasteiger partial charge < -0.3 is 33.3 Å². The Morgan fingerprint density at radius 2 is 0.592 bits per heavy atom. The Balaban J connectivity index is 3.82. The second-order valence-electron chi connectivity index (χ2n) is 24.5. The number of ether oxygens (including phenoxy) is 4. The minimum Gasteiger partial charge on any atom is -0.545 e. The first-order valence-electron chi connectivity index (χ1n) is 33.7. The number of quaternary nitrogens is 1. The number of unbranched alkanes of at least 4 members (excludes halogenated alkanes) is 49. The lowest BCUT2D eigenvalue weighted by Gasteiger charge is -2.26.